The van der Waals surface area contributed by atoms with Gasteiger partial charge in [0, 0.05) is 36.6 Å². The van der Waals surface area contributed by atoms with Gasteiger partial charge < -0.3 is 14.6 Å². The highest BCUT2D eigenvalue weighted by Gasteiger charge is 2.20. The van der Waals surface area contributed by atoms with Crippen LogP contribution in [-0.4, -0.2) is 44.2 Å². The summed E-state index contributed by atoms with van der Waals surface area (Å²) in [6.45, 7) is 1.31. The molecule has 0 saturated carbocycles. The van der Waals surface area contributed by atoms with Crippen molar-refractivity contribution in [2.45, 2.75) is 25.8 Å². The molecule has 0 unspecified atom stereocenters. The van der Waals surface area contributed by atoms with Crippen molar-refractivity contribution in [2.24, 2.45) is 0 Å². The summed E-state index contributed by atoms with van der Waals surface area (Å²) in [5.74, 6) is -1.05. The number of hydrogen-bond acceptors (Lipinski definition) is 6. The molecule has 2 amide bonds. The second-order valence-corrected chi connectivity index (χ2v) is 10.5. The van der Waals surface area contributed by atoms with E-state index < -0.39 is 5.76 Å². The van der Waals surface area contributed by atoms with Crippen LogP contribution in [0.1, 0.15) is 24.8 Å². The number of rotatable bonds is 7. The number of nitrogens with one attached hydrogen (secondary N) is 1. The molecule has 4 heterocycles. The minimum absolute atomic E-state index is 0.0972. The highest BCUT2D eigenvalue weighted by molar-refractivity contribution is 7.13. The van der Waals surface area contributed by atoms with E-state index in [2.05, 4.69) is 5.32 Å². The average Bonchev–Trinajstić information content (AvgIpc) is 3.72. The van der Waals surface area contributed by atoms with E-state index >= 15 is 0 Å². The summed E-state index contributed by atoms with van der Waals surface area (Å²) >= 11 is 1.58. The van der Waals surface area contributed by atoms with E-state index in [1.807, 2.05) is 54.0 Å². The summed E-state index contributed by atoms with van der Waals surface area (Å²) in [5, 5.41) is 9.60. The van der Waals surface area contributed by atoms with E-state index in [0.29, 0.717) is 29.9 Å². The summed E-state index contributed by atoms with van der Waals surface area (Å²) in [6.07, 6.45) is 8.14. The van der Waals surface area contributed by atoms with Crippen LogP contribution in [0.2, 0.25) is 0 Å². The van der Waals surface area contributed by atoms with E-state index in [-0.39, 0.29) is 18.4 Å². The number of carbonyl (C=O) groups excluding carboxylic acids is 2. The Hall–Kier alpha value is -4.70. The lowest BCUT2D eigenvalue weighted by Crippen LogP contribution is -2.39. The molecule has 0 radical (unpaired) electrons. The van der Waals surface area contributed by atoms with Crippen molar-refractivity contribution in [1.82, 2.24) is 19.2 Å². The molecule has 0 bridgehead atoms. The van der Waals surface area contributed by atoms with Crippen molar-refractivity contribution in [1.29, 1.82) is 0 Å². The van der Waals surface area contributed by atoms with Crippen LogP contribution in [0.25, 0.3) is 33.4 Å². The van der Waals surface area contributed by atoms with Crippen LogP contribution in [0.4, 0.5) is 5.69 Å². The molecule has 10 heteroatoms. The number of amides is 2. The van der Waals surface area contributed by atoms with Crippen molar-refractivity contribution in [2.75, 3.05) is 18.4 Å². The van der Waals surface area contributed by atoms with E-state index in [1.165, 1.54) is 10.6 Å². The van der Waals surface area contributed by atoms with Crippen LogP contribution >= 0.6 is 11.3 Å². The smallest absolute Gasteiger partial charge is 0.408 e. The molecule has 0 atom stereocenters. The zero-order valence-corrected chi connectivity index (χ0v) is 22.5. The van der Waals surface area contributed by atoms with Crippen LogP contribution < -0.4 is 11.1 Å². The molecule has 6 rings (SSSR count). The summed E-state index contributed by atoms with van der Waals surface area (Å²) in [7, 11) is 0. The molecule has 1 fully saturated rings. The van der Waals surface area contributed by atoms with Gasteiger partial charge in [0.15, 0.2) is 5.58 Å². The van der Waals surface area contributed by atoms with Gasteiger partial charge in [-0.3, -0.25) is 14.2 Å². The number of hydrogen-bond donors (Lipinski definition) is 1. The summed E-state index contributed by atoms with van der Waals surface area (Å²) in [6, 6.07) is 18.7. The average molecular weight is 554 g/mol. The molecule has 2 aromatic carbocycles. The zero-order chi connectivity index (χ0) is 27.5. The van der Waals surface area contributed by atoms with Crippen LogP contribution in [0.15, 0.2) is 87.5 Å². The first-order chi connectivity index (χ1) is 19.5. The number of likely N-dealkylation sites (tertiary alicyclic amines) is 1. The molecule has 202 valence electrons. The first-order valence-corrected chi connectivity index (χ1v) is 14.0. The van der Waals surface area contributed by atoms with Gasteiger partial charge in [0.1, 0.15) is 12.2 Å². The zero-order valence-electron chi connectivity index (χ0n) is 21.7. The predicted octanol–water partition coefficient (Wildman–Crippen LogP) is 5.17. The van der Waals surface area contributed by atoms with Gasteiger partial charge in [-0.1, -0.05) is 24.3 Å². The first kappa shape index (κ1) is 25.6. The highest BCUT2D eigenvalue weighted by Crippen LogP contribution is 2.29. The standard InChI is InChI=1S/C30H27N5O4S/c36-27(14-11-21-19-35(23-8-3-1-4-9-23)32-29(21)26-10-7-17-40-26)31-22-12-13-25-24(18-22)34(30(38)39-25)20-28(37)33-15-5-2-6-16-33/h1,3-4,7-14,17-19H,2,5-6,15-16,20H2,(H,31,36)/b14-11+. The Balaban J connectivity index is 1.22. The number of para-hydroxylation sites is 1. The maximum Gasteiger partial charge on any atom is 0.420 e. The van der Waals surface area contributed by atoms with E-state index in [1.54, 1.807) is 45.2 Å². The molecule has 1 N–H and O–H groups in total. The molecule has 40 heavy (non-hydrogen) atoms. The van der Waals surface area contributed by atoms with Gasteiger partial charge in [0.25, 0.3) is 0 Å². The maximum atomic E-state index is 12.9. The number of oxazole rings is 1. The van der Waals surface area contributed by atoms with Gasteiger partial charge in [-0.05, 0) is 67.1 Å². The molecule has 5 aromatic rings. The fraction of sp³-hybridized carbons (Fsp3) is 0.200. The fourth-order valence-electron chi connectivity index (χ4n) is 4.84. The lowest BCUT2D eigenvalue weighted by atomic mass is 10.1. The topological polar surface area (TPSA) is 102 Å². The molecule has 1 aliphatic rings. The lowest BCUT2D eigenvalue weighted by molar-refractivity contribution is -0.132. The number of benzene rings is 2. The summed E-state index contributed by atoms with van der Waals surface area (Å²) in [5.41, 5.74) is 3.81. The second-order valence-electron chi connectivity index (χ2n) is 9.59. The maximum absolute atomic E-state index is 12.9. The Morgan fingerprint density at radius 1 is 1.02 bits per heavy atom. The summed E-state index contributed by atoms with van der Waals surface area (Å²) < 4.78 is 8.46. The molecule has 0 spiro atoms. The Labute approximate surface area is 234 Å². The number of nitrogens with zero attached hydrogens (tertiary/aromatic N) is 4. The fourth-order valence-corrected chi connectivity index (χ4v) is 5.58. The van der Waals surface area contributed by atoms with E-state index in [4.69, 9.17) is 9.52 Å². The monoisotopic (exact) mass is 553 g/mol. The van der Waals surface area contributed by atoms with E-state index in [0.717, 1.165) is 41.1 Å². The van der Waals surface area contributed by atoms with Crippen molar-refractivity contribution < 1.29 is 14.0 Å². The number of carbonyl (C=O) groups is 2. The predicted molar refractivity (Wildman–Crippen MR) is 155 cm³/mol. The Bertz CT molecular complexity index is 1740. The van der Waals surface area contributed by atoms with Crippen molar-refractivity contribution in [3.63, 3.8) is 0 Å². The van der Waals surface area contributed by atoms with Crippen molar-refractivity contribution in [3.8, 4) is 16.3 Å². The molecular formula is C30H27N5O4S. The third-order valence-corrected chi connectivity index (χ3v) is 7.75. The van der Waals surface area contributed by atoms with Gasteiger partial charge >= 0.3 is 5.76 Å². The summed E-state index contributed by atoms with van der Waals surface area (Å²) in [4.78, 5) is 41.0. The van der Waals surface area contributed by atoms with E-state index in [9.17, 15) is 14.4 Å². The second kappa shape index (κ2) is 11.2. The highest BCUT2D eigenvalue weighted by atomic mass is 32.1. The largest absolute Gasteiger partial charge is 0.420 e. The third-order valence-electron chi connectivity index (χ3n) is 6.87. The van der Waals surface area contributed by atoms with Crippen molar-refractivity contribution in [3.05, 3.63) is 94.4 Å². The quantitative estimate of drug-likeness (QED) is 0.280. The number of thiophene rings is 1. The molecule has 1 saturated heterocycles. The lowest BCUT2D eigenvalue weighted by Gasteiger charge is -2.26. The van der Waals surface area contributed by atoms with Crippen LogP contribution in [-0.2, 0) is 16.1 Å². The minimum Gasteiger partial charge on any atom is -0.408 e. The van der Waals surface area contributed by atoms with Crippen LogP contribution in [0.3, 0.4) is 0 Å². The van der Waals surface area contributed by atoms with Crippen molar-refractivity contribution >= 4 is 46.0 Å². The Morgan fingerprint density at radius 3 is 2.62 bits per heavy atom. The third kappa shape index (κ3) is 5.39. The van der Waals surface area contributed by atoms with Gasteiger partial charge in [0.2, 0.25) is 11.8 Å². The normalized spacial score (nSPS) is 13.8. The minimum atomic E-state index is -0.597. The Kier molecular flexibility index (Phi) is 7.15. The molecule has 3 aromatic heterocycles. The Morgan fingerprint density at radius 2 is 1.85 bits per heavy atom. The number of fused-ring (bicyclic) bond motifs is 1. The first-order valence-electron chi connectivity index (χ1n) is 13.1. The number of piperidine rings is 1. The molecule has 9 nitrogen and oxygen atoms in total. The van der Waals surface area contributed by atoms with Gasteiger partial charge in [-0.15, -0.1) is 11.3 Å². The number of anilines is 1. The molecular weight excluding hydrogens is 526 g/mol. The molecule has 1 aliphatic heterocycles. The van der Waals surface area contributed by atoms with Gasteiger partial charge in [-0.2, -0.15) is 5.10 Å². The molecule has 0 aliphatic carbocycles. The number of aromatic nitrogens is 3. The van der Waals surface area contributed by atoms with Gasteiger partial charge in [0.05, 0.1) is 16.1 Å². The van der Waals surface area contributed by atoms with Crippen LogP contribution in [0, 0.1) is 0 Å². The van der Waals surface area contributed by atoms with Gasteiger partial charge in [-0.25, -0.2) is 9.48 Å². The SMILES string of the molecule is O=C(/C=C/c1cn(-c2ccccc2)nc1-c1cccs1)Nc1ccc2oc(=O)n(CC(=O)N3CCCCC3)c2c1. The van der Waals surface area contributed by atoms with Crippen LogP contribution in [0.5, 0.6) is 0 Å².